The monoisotopic (exact) mass is 205 g/mol. The van der Waals surface area contributed by atoms with Crippen LogP contribution in [0.15, 0.2) is 12.1 Å². The van der Waals surface area contributed by atoms with Gasteiger partial charge in [-0.3, -0.25) is 0 Å². The summed E-state index contributed by atoms with van der Waals surface area (Å²) in [6.45, 7) is 4.94. The molecule has 0 aliphatic carbocycles. The number of carboxylic acid groups (broad SMARTS) is 1. The van der Waals surface area contributed by atoms with E-state index in [9.17, 15) is 4.79 Å². The Morgan fingerprint density at radius 2 is 2.27 bits per heavy atom. The molecule has 3 nitrogen and oxygen atoms in total. The van der Waals surface area contributed by atoms with Gasteiger partial charge in [-0.05, 0) is 36.5 Å². The van der Waals surface area contributed by atoms with Crippen molar-refractivity contribution in [3.05, 3.63) is 28.8 Å². The fraction of sp³-hybridized carbons (Fsp3) is 0.417. The topological polar surface area (TPSA) is 49.3 Å². The molecule has 80 valence electrons. The minimum absolute atomic E-state index is 0.400. The number of aryl methyl sites for hydroxylation is 1. The minimum atomic E-state index is -0.850. The predicted molar refractivity (Wildman–Crippen MR) is 59.7 cm³/mol. The van der Waals surface area contributed by atoms with E-state index in [0.29, 0.717) is 11.5 Å². The molecule has 0 saturated heterocycles. The van der Waals surface area contributed by atoms with Crippen LogP contribution in [0.2, 0.25) is 0 Å². The first-order valence-electron chi connectivity index (χ1n) is 5.21. The van der Waals surface area contributed by atoms with Crippen molar-refractivity contribution in [2.45, 2.75) is 26.2 Å². The van der Waals surface area contributed by atoms with Crippen molar-refractivity contribution >= 4 is 11.7 Å². The van der Waals surface area contributed by atoms with Crippen LogP contribution in [0.5, 0.6) is 0 Å². The van der Waals surface area contributed by atoms with Gasteiger partial charge in [0.25, 0.3) is 0 Å². The summed E-state index contributed by atoms with van der Waals surface area (Å²) in [5.74, 6) is -0.407. The Hall–Kier alpha value is -1.51. The van der Waals surface area contributed by atoms with E-state index in [1.165, 1.54) is 0 Å². The highest BCUT2D eigenvalue weighted by atomic mass is 16.4. The molecule has 1 aliphatic heterocycles. The fourth-order valence-corrected chi connectivity index (χ4v) is 2.14. The van der Waals surface area contributed by atoms with E-state index in [1.54, 1.807) is 6.07 Å². The largest absolute Gasteiger partial charge is 0.478 e. The Labute approximate surface area is 89.1 Å². The standard InChI is InChI=1S/C12H15NO2/c1-7-5-9-8(2)3-4-13-11(9)10(6-7)12(14)15/h5-6,8,13H,3-4H2,1-2H3,(H,14,15). The predicted octanol–water partition coefficient (Wildman–Crippen LogP) is 2.61. The highest BCUT2D eigenvalue weighted by molar-refractivity contribution is 5.95. The lowest BCUT2D eigenvalue weighted by molar-refractivity contribution is 0.0697. The van der Waals surface area contributed by atoms with E-state index in [0.717, 1.165) is 29.8 Å². The van der Waals surface area contributed by atoms with Crippen molar-refractivity contribution in [2.75, 3.05) is 11.9 Å². The average molecular weight is 205 g/mol. The molecular formula is C12H15NO2. The molecule has 2 N–H and O–H groups in total. The van der Waals surface area contributed by atoms with E-state index in [2.05, 4.69) is 18.3 Å². The van der Waals surface area contributed by atoms with E-state index in [4.69, 9.17) is 5.11 Å². The van der Waals surface area contributed by atoms with Crippen LogP contribution < -0.4 is 5.32 Å². The lowest BCUT2D eigenvalue weighted by Gasteiger charge is -2.25. The van der Waals surface area contributed by atoms with Crippen LogP contribution in [0, 0.1) is 6.92 Å². The minimum Gasteiger partial charge on any atom is -0.478 e. The molecule has 2 rings (SSSR count). The second-order valence-corrected chi connectivity index (χ2v) is 4.20. The summed E-state index contributed by atoms with van der Waals surface area (Å²) in [4.78, 5) is 11.1. The highest BCUT2D eigenvalue weighted by Crippen LogP contribution is 2.34. The van der Waals surface area contributed by atoms with Crippen molar-refractivity contribution in [1.82, 2.24) is 0 Å². The van der Waals surface area contributed by atoms with Crippen LogP contribution in [0.3, 0.4) is 0 Å². The van der Waals surface area contributed by atoms with Crippen molar-refractivity contribution in [1.29, 1.82) is 0 Å². The number of fused-ring (bicyclic) bond motifs is 1. The normalized spacial score (nSPS) is 19.2. The Bertz CT molecular complexity index is 412. The summed E-state index contributed by atoms with van der Waals surface area (Å²) in [7, 11) is 0. The highest BCUT2D eigenvalue weighted by Gasteiger charge is 2.21. The van der Waals surface area contributed by atoms with Gasteiger partial charge in [0.15, 0.2) is 0 Å². The fourth-order valence-electron chi connectivity index (χ4n) is 2.14. The number of benzene rings is 1. The molecule has 0 saturated carbocycles. The summed E-state index contributed by atoms with van der Waals surface area (Å²) in [6, 6.07) is 3.81. The molecule has 0 aromatic heterocycles. The molecule has 0 spiro atoms. The van der Waals surface area contributed by atoms with Gasteiger partial charge in [0.1, 0.15) is 0 Å². The molecule has 15 heavy (non-hydrogen) atoms. The molecule has 3 heteroatoms. The third-order valence-corrected chi connectivity index (χ3v) is 2.95. The smallest absolute Gasteiger partial charge is 0.337 e. The molecule has 1 aromatic rings. The zero-order chi connectivity index (χ0) is 11.0. The Balaban J connectivity index is 2.62. The maximum atomic E-state index is 11.1. The third kappa shape index (κ3) is 1.69. The average Bonchev–Trinajstić information content (AvgIpc) is 2.18. The van der Waals surface area contributed by atoms with E-state index in [1.807, 2.05) is 6.92 Å². The number of nitrogens with one attached hydrogen (secondary N) is 1. The molecule has 1 aromatic carbocycles. The maximum Gasteiger partial charge on any atom is 0.337 e. The first-order valence-corrected chi connectivity index (χ1v) is 5.21. The first kappa shape index (κ1) is 10.0. The van der Waals surface area contributed by atoms with Crippen LogP contribution in [-0.2, 0) is 0 Å². The molecule has 0 radical (unpaired) electrons. The van der Waals surface area contributed by atoms with Crippen molar-refractivity contribution in [3.8, 4) is 0 Å². The number of carboxylic acids is 1. The zero-order valence-electron chi connectivity index (χ0n) is 9.00. The zero-order valence-corrected chi connectivity index (χ0v) is 9.00. The van der Waals surface area contributed by atoms with Gasteiger partial charge in [0, 0.05) is 6.54 Å². The van der Waals surface area contributed by atoms with Crippen molar-refractivity contribution in [2.24, 2.45) is 0 Å². The summed E-state index contributed by atoms with van der Waals surface area (Å²) >= 11 is 0. The molecule has 1 heterocycles. The molecule has 0 amide bonds. The van der Waals surface area contributed by atoms with Gasteiger partial charge >= 0.3 is 5.97 Å². The summed E-state index contributed by atoms with van der Waals surface area (Å²) in [5, 5.41) is 12.3. The van der Waals surface area contributed by atoms with Gasteiger partial charge in [-0.1, -0.05) is 13.0 Å². The van der Waals surface area contributed by atoms with Crippen LogP contribution in [0.25, 0.3) is 0 Å². The summed E-state index contributed by atoms with van der Waals surface area (Å²) < 4.78 is 0. The van der Waals surface area contributed by atoms with Crippen LogP contribution in [-0.4, -0.2) is 17.6 Å². The van der Waals surface area contributed by atoms with Gasteiger partial charge in [-0.2, -0.15) is 0 Å². The lowest BCUT2D eigenvalue weighted by Crippen LogP contribution is -2.18. The van der Waals surface area contributed by atoms with Crippen molar-refractivity contribution < 1.29 is 9.90 Å². The van der Waals surface area contributed by atoms with Gasteiger partial charge in [-0.25, -0.2) is 4.79 Å². The Kier molecular flexibility index (Phi) is 2.39. The quantitative estimate of drug-likeness (QED) is 0.741. The number of rotatable bonds is 1. The van der Waals surface area contributed by atoms with Crippen LogP contribution in [0.4, 0.5) is 5.69 Å². The molecule has 0 fully saturated rings. The third-order valence-electron chi connectivity index (χ3n) is 2.95. The molecule has 1 atom stereocenters. The number of aromatic carboxylic acids is 1. The second kappa shape index (κ2) is 3.57. The molecule has 1 aliphatic rings. The van der Waals surface area contributed by atoms with Crippen LogP contribution >= 0.6 is 0 Å². The molecule has 0 bridgehead atoms. The lowest BCUT2D eigenvalue weighted by atomic mass is 9.89. The van der Waals surface area contributed by atoms with E-state index < -0.39 is 5.97 Å². The Morgan fingerprint density at radius 3 is 2.93 bits per heavy atom. The summed E-state index contributed by atoms with van der Waals surface area (Å²) in [5.41, 5.74) is 3.36. The molecule has 1 unspecified atom stereocenters. The molecular weight excluding hydrogens is 190 g/mol. The van der Waals surface area contributed by atoms with Crippen molar-refractivity contribution in [3.63, 3.8) is 0 Å². The van der Waals surface area contributed by atoms with E-state index in [-0.39, 0.29) is 0 Å². The number of anilines is 1. The summed E-state index contributed by atoms with van der Waals surface area (Å²) in [6.07, 6.45) is 1.06. The van der Waals surface area contributed by atoms with Crippen LogP contribution in [0.1, 0.15) is 40.7 Å². The first-order chi connectivity index (χ1) is 7.09. The Morgan fingerprint density at radius 1 is 1.53 bits per heavy atom. The van der Waals surface area contributed by atoms with Gasteiger partial charge in [0.2, 0.25) is 0 Å². The van der Waals surface area contributed by atoms with Gasteiger partial charge < -0.3 is 10.4 Å². The van der Waals surface area contributed by atoms with Gasteiger partial charge in [-0.15, -0.1) is 0 Å². The second-order valence-electron chi connectivity index (χ2n) is 4.20. The SMILES string of the molecule is Cc1cc(C(=O)O)c2c(c1)C(C)CCN2. The van der Waals surface area contributed by atoms with E-state index >= 15 is 0 Å². The number of hydrogen-bond donors (Lipinski definition) is 2. The maximum absolute atomic E-state index is 11.1. The number of carbonyl (C=O) groups is 1. The number of hydrogen-bond acceptors (Lipinski definition) is 2. The van der Waals surface area contributed by atoms with Gasteiger partial charge in [0.05, 0.1) is 11.3 Å².